The number of hydrogen-bond donors (Lipinski definition) is 3. The SMILES string of the molecule is CCNS(=O)(=O)Nc1[nH]ncc1C#N. The molecule has 14 heavy (non-hydrogen) atoms. The standard InChI is InChI=1S/C6H9N5O2S/c1-2-9-14(12,13)11-6-5(3-7)4-8-10-6/h4,9H,2H2,1H3,(H2,8,10,11). The van der Waals surface area contributed by atoms with Crippen LogP contribution in [0.15, 0.2) is 6.20 Å². The zero-order valence-electron chi connectivity index (χ0n) is 7.40. The van der Waals surface area contributed by atoms with Gasteiger partial charge in [-0.25, -0.2) is 0 Å². The van der Waals surface area contributed by atoms with Gasteiger partial charge in [-0.3, -0.25) is 9.82 Å². The number of nitrogens with zero attached hydrogens (tertiary/aromatic N) is 2. The number of aromatic amines is 1. The second kappa shape index (κ2) is 4.08. The first-order valence-electron chi connectivity index (χ1n) is 3.80. The van der Waals surface area contributed by atoms with E-state index in [1.165, 1.54) is 6.20 Å². The first-order valence-corrected chi connectivity index (χ1v) is 5.28. The molecule has 1 aromatic heterocycles. The van der Waals surface area contributed by atoms with E-state index in [-0.39, 0.29) is 17.9 Å². The number of nitrogens with one attached hydrogen (secondary N) is 3. The van der Waals surface area contributed by atoms with Gasteiger partial charge in [-0.1, -0.05) is 6.92 Å². The molecule has 0 radical (unpaired) electrons. The fraction of sp³-hybridized carbons (Fsp3) is 0.333. The number of anilines is 1. The summed E-state index contributed by atoms with van der Waals surface area (Å²) in [4.78, 5) is 0. The zero-order chi connectivity index (χ0) is 10.6. The van der Waals surface area contributed by atoms with Crippen molar-refractivity contribution >= 4 is 16.0 Å². The van der Waals surface area contributed by atoms with Gasteiger partial charge in [-0.2, -0.15) is 23.5 Å². The summed E-state index contributed by atoms with van der Waals surface area (Å²) in [5.74, 6) is 0.0634. The minimum Gasteiger partial charge on any atom is -0.261 e. The first-order chi connectivity index (χ1) is 6.59. The van der Waals surface area contributed by atoms with Crippen LogP contribution in [0, 0.1) is 11.3 Å². The summed E-state index contributed by atoms with van der Waals surface area (Å²) in [6, 6.07) is 1.79. The van der Waals surface area contributed by atoms with Gasteiger partial charge in [-0.05, 0) is 0 Å². The van der Waals surface area contributed by atoms with Crippen molar-refractivity contribution in [2.45, 2.75) is 6.92 Å². The highest BCUT2D eigenvalue weighted by molar-refractivity contribution is 7.90. The van der Waals surface area contributed by atoms with E-state index in [4.69, 9.17) is 5.26 Å². The number of hydrogen-bond acceptors (Lipinski definition) is 4. The quantitative estimate of drug-likeness (QED) is 0.631. The van der Waals surface area contributed by atoms with Crippen LogP contribution in [-0.4, -0.2) is 25.2 Å². The Morgan fingerprint density at radius 2 is 2.43 bits per heavy atom. The van der Waals surface area contributed by atoms with Crippen LogP contribution in [0.2, 0.25) is 0 Å². The summed E-state index contributed by atoms with van der Waals surface area (Å²) in [6.07, 6.45) is 1.24. The molecule has 1 rings (SSSR count). The van der Waals surface area contributed by atoms with Gasteiger partial charge in [0.05, 0.1) is 6.20 Å². The van der Waals surface area contributed by atoms with Crippen molar-refractivity contribution in [3.63, 3.8) is 0 Å². The molecule has 0 saturated carbocycles. The lowest BCUT2D eigenvalue weighted by Gasteiger charge is -2.04. The van der Waals surface area contributed by atoms with Gasteiger partial charge in [0.25, 0.3) is 10.2 Å². The normalized spacial score (nSPS) is 10.9. The number of rotatable bonds is 4. The summed E-state index contributed by atoms with van der Waals surface area (Å²) in [6.45, 7) is 1.92. The highest BCUT2D eigenvalue weighted by Gasteiger charge is 2.12. The molecule has 0 bridgehead atoms. The van der Waals surface area contributed by atoms with Crippen LogP contribution in [-0.2, 0) is 10.2 Å². The highest BCUT2D eigenvalue weighted by atomic mass is 32.2. The van der Waals surface area contributed by atoms with Crippen molar-refractivity contribution < 1.29 is 8.42 Å². The molecular formula is C6H9N5O2S. The number of aromatic nitrogens is 2. The Balaban J connectivity index is 2.85. The molecule has 0 unspecified atom stereocenters. The fourth-order valence-electron chi connectivity index (χ4n) is 0.809. The van der Waals surface area contributed by atoms with E-state index in [1.807, 2.05) is 0 Å². The molecule has 0 spiro atoms. The predicted octanol–water partition coefficient (Wildman–Crippen LogP) is -0.452. The maximum Gasteiger partial charge on any atom is 0.300 e. The molecule has 0 atom stereocenters. The van der Waals surface area contributed by atoms with Gasteiger partial charge in [-0.15, -0.1) is 0 Å². The highest BCUT2D eigenvalue weighted by Crippen LogP contribution is 2.09. The molecule has 1 aromatic rings. The van der Waals surface area contributed by atoms with E-state index in [0.29, 0.717) is 0 Å². The third-order valence-corrected chi connectivity index (χ3v) is 2.47. The third kappa shape index (κ3) is 2.45. The van der Waals surface area contributed by atoms with Crippen LogP contribution in [0.1, 0.15) is 12.5 Å². The monoisotopic (exact) mass is 215 g/mol. The van der Waals surface area contributed by atoms with Crippen LogP contribution < -0.4 is 9.44 Å². The first kappa shape index (κ1) is 10.5. The Hall–Kier alpha value is -1.59. The van der Waals surface area contributed by atoms with Crippen LogP contribution in [0.4, 0.5) is 5.82 Å². The van der Waals surface area contributed by atoms with Gasteiger partial charge in [0.2, 0.25) is 0 Å². The largest absolute Gasteiger partial charge is 0.300 e. The second-order valence-corrected chi connectivity index (χ2v) is 3.87. The van der Waals surface area contributed by atoms with Crippen LogP contribution in [0.25, 0.3) is 0 Å². The number of nitriles is 1. The van der Waals surface area contributed by atoms with E-state index in [2.05, 4.69) is 19.6 Å². The van der Waals surface area contributed by atoms with Crippen molar-refractivity contribution in [2.24, 2.45) is 0 Å². The maximum atomic E-state index is 11.2. The van der Waals surface area contributed by atoms with E-state index in [9.17, 15) is 8.42 Å². The molecule has 8 heteroatoms. The molecule has 0 aromatic carbocycles. The molecule has 76 valence electrons. The molecule has 0 amide bonds. The van der Waals surface area contributed by atoms with Crippen molar-refractivity contribution in [2.75, 3.05) is 11.3 Å². The summed E-state index contributed by atoms with van der Waals surface area (Å²) in [5.41, 5.74) is 0.145. The smallest absolute Gasteiger partial charge is 0.261 e. The molecule has 0 aliphatic rings. The van der Waals surface area contributed by atoms with Crippen molar-refractivity contribution in [1.29, 1.82) is 5.26 Å². The molecule has 3 N–H and O–H groups in total. The molecule has 0 aliphatic carbocycles. The van der Waals surface area contributed by atoms with Gasteiger partial charge < -0.3 is 0 Å². The van der Waals surface area contributed by atoms with E-state index < -0.39 is 10.2 Å². The minimum atomic E-state index is -3.61. The van der Waals surface area contributed by atoms with Crippen molar-refractivity contribution in [1.82, 2.24) is 14.9 Å². The average Bonchev–Trinajstić information content (AvgIpc) is 2.50. The van der Waals surface area contributed by atoms with Crippen LogP contribution >= 0.6 is 0 Å². The second-order valence-electron chi connectivity index (χ2n) is 2.37. The molecular weight excluding hydrogens is 206 g/mol. The number of H-pyrrole nitrogens is 1. The Kier molecular flexibility index (Phi) is 3.06. The topological polar surface area (TPSA) is 111 Å². The Morgan fingerprint density at radius 3 is 3.00 bits per heavy atom. The van der Waals surface area contributed by atoms with Gasteiger partial charge >= 0.3 is 0 Å². The van der Waals surface area contributed by atoms with Gasteiger partial charge in [0.15, 0.2) is 5.82 Å². The molecule has 0 aliphatic heterocycles. The van der Waals surface area contributed by atoms with Crippen molar-refractivity contribution in [3.8, 4) is 6.07 Å². The zero-order valence-corrected chi connectivity index (χ0v) is 8.22. The summed E-state index contributed by atoms with van der Waals surface area (Å²) in [5, 5.41) is 14.5. The van der Waals surface area contributed by atoms with Crippen LogP contribution in [0.3, 0.4) is 0 Å². The molecule has 7 nitrogen and oxygen atoms in total. The molecule has 0 saturated heterocycles. The average molecular weight is 215 g/mol. The van der Waals surface area contributed by atoms with Gasteiger partial charge in [0.1, 0.15) is 11.6 Å². The maximum absolute atomic E-state index is 11.2. The van der Waals surface area contributed by atoms with Crippen LogP contribution in [0.5, 0.6) is 0 Å². The molecule has 0 fully saturated rings. The minimum absolute atomic E-state index is 0.0634. The van der Waals surface area contributed by atoms with E-state index in [0.717, 1.165) is 0 Å². The third-order valence-electron chi connectivity index (χ3n) is 1.33. The lowest BCUT2D eigenvalue weighted by atomic mass is 10.4. The lowest BCUT2D eigenvalue weighted by molar-refractivity contribution is 0.589. The van der Waals surface area contributed by atoms with Gasteiger partial charge in [0, 0.05) is 6.54 Å². The predicted molar refractivity (Wildman–Crippen MR) is 49.5 cm³/mol. The summed E-state index contributed by atoms with van der Waals surface area (Å²) >= 11 is 0. The Morgan fingerprint density at radius 1 is 1.71 bits per heavy atom. The Labute approximate surface area is 81.3 Å². The summed E-state index contributed by atoms with van der Waals surface area (Å²) in [7, 11) is -3.61. The van der Waals surface area contributed by atoms with E-state index >= 15 is 0 Å². The lowest BCUT2D eigenvalue weighted by Crippen LogP contribution is -2.30. The molecule has 1 heterocycles. The van der Waals surface area contributed by atoms with Crippen molar-refractivity contribution in [3.05, 3.63) is 11.8 Å². The summed E-state index contributed by atoms with van der Waals surface area (Å²) < 4.78 is 26.7. The van der Waals surface area contributed by atoms with E-state index in [1.54, 1.807) is 13.0 Å². The Bertz CT molecular complexity index is 443. The fourth-order valence-corrected chi connectivity index (χ4v) is 1.69.